The molecular weight excluding hydrogens is 382 g/mol. The molecule has 1 aliphatic carbocycles. The molecule has 0 radical (unpaired) electrons. The monoisotopic (exact) mass is 415 g/mol. The van der Waals surface area contributed by atoms with Crippen LogP contribution in [0.15, 0.2) is 30.3 Å². The van der Waals surface area contributed by atoms with Crippen molar-refractivity contribution >= 4 is 23.8 Å². The number of morpholine rings is 1. The third-order valence-corrected chi connectivity index (χ3v) is 5.91. The Hall–Kier alpha value is -2.38. The number of rotatable bonds is 7. The van der Waals surface area contributed by atoms with Gasteiger partial charge in [-0.2, -0.15) is 0 Å². The molecule has 0 spiro atoms. The first kappa shape index (κ1) is 22.3. The average molecular weight is 416 g/mol. The summed E-state index contributed by atoms with van der Waals surface area (Å²) in [4.78, 5) is 26.4. The SMILES string of the molecule is CCOC(=O)/C=C/c1ccc(NC(=O)NCC2(N3CCOCC3)CCCCC2)cc1. The Bertz CT molecular complexity index is 720. The van der Waals surface area contributed by atoms with E-state index in [-0.39, 0.29) is 17.5 Å². The summed E-state index contributed by atoms with van der Waals surface area (Å²) >= 11 is 0. The number of hydrogen-bond acceptors (Lipinski definition) is 5. The van der Waals surface area contributed by atoms with E-state index in [1.807, 2.05) is 24.3 Å². The number of esters is 1. The van der Waals surface area contributed by atoms with Gasteiger partial charge in [-0.15, -0.1) is 0 Å². The minimum Gasteiger partial charge on any atom is -0.463 e. The van der Waals surface area contributed by atoms with Gasteiger partial charge < -0.3 is 20.1 Å². The smallest absolute Gasteiger partial charge is 0.330 e. The van der Waals surface area contributed by atoms with Crippen molar-refractivity contribution < 1.29 is 19.1 Å². The summed E-state index contributed by atoms with van der Waals surface area (Å²) in [6, 6.07) is 7.15. The van der Waals surface area contributed by atoms with E-state index in [4.69, 9.17) is 9.47 Å². The van der Waals surface area contributed by atoms with Crippen LogP contribution < -0.4 is 10.6 Å². The molecule has 1 heterocycles. The Morgan fingerprint density at radius 1 is 1.13 bits per heavy atom. The predicted octanol–water partition coefficient (Wildman–Crippen LogP) is 3.42. The molecule has 2 amide bonds. The highest BCUT2D eigenvalue weighted by molar-refractivity contribution is 5.90. The van der Waals surface area contributed by atoms with Crippen LogP contribution in [-0.4, -0.2) is 61.9 Å². The van der Waals surface area contributed by atoms with Crippen molar-refractivity contribution in [3.05, 3.63) is 35.9 Å². The Morgan fingerprint density at radius 3 is 2.50 bits per heavy atom. The summed E-state index contributed by atoms with van der Waals surface area (Å²) in [6.45, 7) is 6.19. The van der Waals surface area contributed by atoms with Crippen molar-refractivity contribution in [3.8, 4) is 0 Å². The number of urea groups is 1. The number of nitrogens with one attached hydrogen (secondary N) is 2. The lowest BCUT2D eigenvalue weighted by Crippen LogP contribution is -2.60. The molecule has 1 saturated heterocycles. The van der Waals surface area contributed by atoms with Gasteiger partial charge in [0.05, 0.1) is 19.8 Å². The van der Waals surface area contributed by atoms with Gasteiger partial charge in [0.1, 0.15) is 0 Å². The molecule has 7 nitrogen and oxygen atoms in total. The molecule has 2 fully saturated rings. The van der Waals surface area contributed by atoms with Crippen LogP contribution in [-0.2, 0) is 14.3 Å². The molecule has 1 aromatic carbocycles. The van der Waals surface area contributed by atoms with Gasteiger partial charge >= 0.3 is 12.0 Å². The fourth-order valence-corrected chi connectivity index (χ4v) is 4.30. The van der Waals surface area contributed by atoms with Crippen LogP contribution in [0.2, 0.25) is 0 Å². The van der Waals surface area contributed by atoms with Gasteiger partial charge in [-0.25, -0.2) is 9.59 Å². The van der Waals surface area contributed by atoms with E-state index < -0.39 is 0 Å². The van der Waals surface area contributed by atoms with E-state index in [1.54, 1.807) is 13.0 Å². The lowest BCUT2D eigenvalue weighted by molar-refractivity contribution is -0.137. The zero-order valence-electron chi connectivity index (χ0n) is 17.8. The highest BCUT2D eigenvalue weighted by Gasteiger charge is 2.38. The normalized spacial score (nSPS) is 19.4. The standard InChI is InChI=1S/C23H33N3O4/c1-2-30-21(27)11-8-19-6-9-20(10-7-19)25-22(28)24-18-23(12-4-3-5-13-23)26-14-16-29-17-15-26/h6-11H,2-5,12-18H2,1H3,(H2,24,25,28)/b11-8+. The molecule has 164 valence electrons. The first-order valence-electron chi connectivity index (χ1n) is 10.9. The zero-order valence-corrected chi connectivity index (χ0v) is 17.8. The van der Waals surface area contributed by atoms with E-state index in [1.165, 1.54) is 25.3 Å². The minimum absolute atomic E-state index is 0.0428. The maximum Gasteiger partial charge on any atom is 0.330 e. The molecule has 0 unspecified atom stereocenters. The third kappa shape index (κ3) is 6.31. The Balaban J connectivity index is 1.52. The van der Waals surface area contributed by atoms with Crippen molar-refractivity contribution in [3.63, 3.8) is 0 Å². The average Bonchev–Trinajstić information content (AvgIpc) is 2.79. The highest BCUT2D eigenvalue weighted by atomic mass is 16.5. The van der Waals surface area contributed by atoms with Crippen LogP contribution in [0, 0.1) is 0 Å². The van der Waals surface area contributed by atoms with E-state index in [0.717, 1.165) is 44.7 Å². The largest absolute Gasteiger partial charge is 0.463 e. The summed E-state index contributed by atoms with van der Waals surface area (Å²) in [6.07, 6.45) is 9.02. The second kappa shape index (κ2) is 11.1. The van der Waals surface area contributed by atoms with E-state index in [2.05, 4.69) is 15.5 Å². The van der Waals surface area contributed by atoms with Gasteiger partial charge in [-0.3, -0.25) is 4.90 Å². The van der Waals surface area contributed by atoms with Gasteiger partial charge in [0.25, 0.3) is 0 Å². The van der Waals surface area contributed by atoms with Crippen molar-refractivity contribution in [1.29, 1.82) is 0 Å². The molecule has 0 bridgehead atoms. The first-order valence-corrected chi connectivity index (χ1v) is 10.9. The quantitative estimate of drug-likeness (QED) is 0.527. The highest BCUT2D eigenvalue weighted by Crippen LogP contribution is 2.33. The van der Waals surface area contributed by atoms with Crippen LogP contribution in [0.5, 0.6) is 0 Å². The maximum atomic E-state index is 12.5. The fourth-order valence-electron chi connectivity index (χ4n) is 4.30. The number of carbonyl (C=O) groups excluding carboxylic acids is 2. The van der Waals surface area contributed by atoms with Crippen LogP contribution in [0.25, 0.3) is 6.08 Å². The minimum atomic E-state index is -0.365. The molecular formula is C23H33N3O4. The van der Waals surface area contributed by atoms with Gasteiger partial charge in [0, 0.05) is 36.9 Å². The lowest BCUT2D eigenvalue weighted by atomic mass is 9.80. The third-order valence-electron chi connectivity index (χ3n) is 5.91. The molecule has 7 heteroatoms. The summed E-state index contributed by atoms with van der Waals surface area (Å²) in [7, 11) is 0. The number of ether oxygens (including phenoxy) is 2. The lowest BCUT2D eigenvalue weighted by Gasteiger charge is -2.48. The number of carbonyl (C=O) groups is 2. The first-order chi connectivity index (χ1) is 14.6. The Labute approximate surface area is 178 Å². The van der Waals surface area contributed by atoms with E-state index >= 15 is 0 Å². The van der Waals surface area contributed by atoms with Gasteiger partial charge in [-0.05, 0) is 43.5 Å². The summed E-state index contributed by atoms with van der Waals surface area (Å²) in [5.41, 5.74) is 1.62. The Morgan fingerprint density at radius 2 is 1.83 bits per heavy atom. The van der Waals surface area contributed by atoms with Crippen LogP contribution in [0.4, 0.5) is 10.5 Å². The van der Waals surface area contributed by atoms with Crippen molar-refractivity contribution in [2.75, 3.05) is 44.8 Å². The number of benzene rings is 1. The van der Waals surface area contributed by atoms with E-state index in [9.17, 15) is 9.59 Å². The second-order valence-electron chi connectivity index (χ2n) is 7.90. The molecule has 2 N–H and O–H groups in total. The topological polar surface area (TPSA) is 79.9 Å². The molecule has 0 atom stereocenters. The molecule has 1 aromatic rings. The molecule has 1 aliphatic heterocycles. The molecule has 2 aliphatic rings. The van der Waals surface area contributed by atoms with Gasteiger partial charge in [-0.1, -0.05) is 31.4 Å². The van der Waals surface area contributed by atoms with Crippen molar-refractivity contribution in [2.45, 2.75) is 44.6 Å². The van der Waals surface area contributed by atoms with Crippen LogP contribution in [0.3, 0.4) is 0 Å². The molecule has 0 aromatic heterocycles. The summed E-state index contributed by atoms with van der Waals surface area (Å²) in [5.74, 6) is -0.365. The van der Waals surface area contributed by atoms with E-state index in [0.29, 0.717) is 18.8 Å². The zero-order chi connectivity index (χ0) is 21.2. The number of nitrogens with zero attached hydrogens (tertiary/aromatic N) is 1. The maximum absolute atomic E-state index is 12.5. The number of amides is 2. The molecule has 1 saturated carbocycles. The molecule has 3 rings (SSSR count). The van der Waals surface area contributed by atoms with Gasteiger partial charge in [0.15, 0.2) is 0 Å². The number of anilines is 1. The van der Waals surface area contributed by atoms with Crippen LogP contribution >= 0.6 is 0 Å². The van der Waals surface area contributed by atoms with Crippen LogP contribution in [0.1, 0.15) is 44.6 Å². The van der Waals surface area contributed by atoms with Crippen molar-refractivity contribution in [1.82, 2.24) is 10.2 Å². The summed E-state index contributed by atoms with van der Waals surface area (Å²) < 4.78 is 10.4. The van der Waals surface area contributed by atoms with Gasteiger partial charge in [0.2, 0.25) is 0 Å². The Kier molecular flexibility index (Phi) is 8.28. The molecule has 30 heavy (non-hydrogen) atoms. The fraction of sp³-hybridized carbons (Fsp3) is 0.565. The second-order valence-corrected chi connectivity index (χ2v) is 7.90. The number of hydrogen-bond donors (Lipinski definition) is 2. The summed E-state index contributed by atoms with van der Waals surface area (Å²) in [5, 5.41) is 6.01. The predicted molar refractivity (Wildman–Crippen MR) is 117 cm³/mol. The van der Waals surface area contributed by atoms with Crippen molar-refractivity contribution in [2.24, 2.45) is 0 Å².